The van der Waals surface area contributed by atoms with Gasteiger partial charge in [-0.25, -0.2) is 8.42 Å². The molecule has 126 valence electrons. The summed E-state index contributed by atoms with van der Waals surface area (Å²) in [7, 11) is -2.32. The van der Waals surface area contributed by atoms with Crippen molar-refractivity contribution >= 4 is 21.6 Å². The number of carbonyl (C=O) groups is 1. The third kappa shape index (κ3) is 4.36. The van der Waals surface area contributed by atoms with E-state index in [0.717, 1.165) is 0 Å². The second kappa shape index (κ2) is 7.65. The number of hydrogen-bond donors (Lipinski definition) is 2. The summed E-state index contributed by atoms with van der Waals surface area (Å²) < 4.78 is 32.5. The lowest BCUT2D eigenvalue weighted by atomic mass is 10.2. The van der Waals surface area contributed by atoms with Gasteiger partial charge in [-0.3, -0.25) is 9.52 Å². The Bertz CT molecular complexity index is 847. The van der Waals surface area contributed by atoms with Gasteiger partial charge in [0, 0.05) is 18.2 Å². The van der Waals surface area contributed by atoms with Gasteiger partial charge in [-0.2, -0.15) is 0 Å². The Labute approximate surface area is 141 Å². The maximum atomic E-state index is 12.5. The van der Waals surface area contributed by atoms with Crippen LogP contribution in [0.25, 0.3) is 0 Å². The summed E-state index contributed by atoms with van der Waals surface area (Å²) in [6.07, 6.45) is 1.54. The zero-order chi connectivity index (χ0) is 17.6. The van der Waals surface area contributed by atoms with Crippen molar-refractivity contribution in [2.24, 2.45) is 0 Å². The lowest BCUT2D eigenvalue weighted by molar-refractivity contribution is 0.0958. The summed E-state index contributed by atoms with van der Waals surface area (Å²) >= 11 is 0. The Morgan fingerprint density at radius 3 is 2.67 bits per heavy atom. The maximum Gasteiger partial charge on any atom is 0.261 e. The fourth-order valence-electron chi connectivity index (χ4n) is 1.97. The van der Waals surface area contributed by atoms with E-state index in [9.17, 15) is 13.2 Å². The molecule has 0 radical (unpaired) electrons. The molecule has 2 aromatic carbocycles. The highest BCUT2D eigenvalue weighted by molar-refractivity contribution is 7.92. The van der Waals surface area contributed by atoms with Gasteiger partial charge in [0.15, 0.2) is 0 Å². The van der Waals surface area contributed by atoms with Gasteiger partial charge in [0.05, 0.1) is 17.7 Å². The van der Waals surface area contributed by atoms with Crippen molar-refractivity contribution in [1.82, 2.24) is 5.32 Å². The number of sulfonamides is 1. The van der Waals surface area contributed by atoms with E-state index in [4.69, 9.17) is 4.74 Å². The first-order valence-corrected chi connectivity index (χ1v) is 8.60. The first-order chi connectivity index (χ1) is 11.5. The third-order valence-corrected chi connectivity index (χ3v) is 4.51. The quantitative estimate of drug-likeness (QED) is 0.754. The lowest BCUT2D eigenvalue weighted by Crippen LogP contribution is -2.23. The fourth-order valence-corrected chi connectivity index (χ4v) is 3.07. The van der Waals surface area contributed by atoms with E-state index in [1.165, 1.54) is 25.3 Å². The van der Waals surface area contributed by atoms with Crippen LogP contribution in [0.5, 0.6) is 5.75 Å². The van der Waals surface area contributed by atoms with Crippen molar-refractivity contribution in [3.8, 4) is 5.75 Å². The van der Waals surface area contributed by atoms with Crippen LogP contribution in [0, 0.1) is 0 Å². The van der Waals surface area contributed by atoms with Gasteiger partial charge in [-0.15, -0.1) is 6.58 Å². The molecule has 0 aliphatic carbocycles. The summed E-state index contributed by atoms with van der Waals surface area (Å²) in [4.78, 5) is 11.9. The van der Waals surface area contributed by atoms with Crippen molar-refractivity contribution in [1.29, 1.82) is 0 Å². The summed E-state index contributed by atoms with van der Waals surface area (Å²) in [5.74, 6) is 0.168. The topological polar surface area (TPSA) is 84.5 Å². The zero-order valence-corrected chi connectivity index (χ0v) is 14.0. The first-order valence-electron chi connectivity index (χ1n) is 7.12. The third-order valence-electron chi connectivity index (χ3n) is 3.14. The number of hydrogen-bond acceptors (Lipinski definition) is 4. The Morgan fingerprint density at radius 2 is 1.96 bits per heavy atom. The van der Waals surface area contributed by atoms with Crippen molar-refractivity contribution in [2.45, 2.75) is 4.90 Å². The fraction of sp³-hybridized carbons (Fsp3) is 0.118. The number of amides is 1. The van der Waals surface area contributed by atoms with E-state index in [2.05, 4.69) is 16.6 Å². The Kier molecular flexibility index (Phi) is 5.59. The molecule has 0 unspecified atom stereocenters. The van der Waals surface area contributed by atoms with Gasteiger partial charge < -0.3 is 10.1 Å². The van der Waals surface area contributed by atoms with E-state index in [1.807, 2.05) is 0 Å². The van der Waals surface area contributed by atoms with E-state index in [1.54, 1.807) is 36.4 Å². The van der Waals surface area contributed by atoms with E-state index < -0.39 is 10.0 Å². The van der Waals surface area contributed by atoms with Crippen LogP contribution >= 0.6 is 0 Å². The van der Waals surface area contributed by atoms with Crippen LogP contribution in [0.1, 0.15) is 10.4 Å². The standard InChI is InChI=1S/C17H18N2O4S/c1-3-10-18-17(20)13-6-4-9-16(11-13)24(21,22)19-14-7-5-8-15(12-14)23-2/h3-9,11-12,19H,1,10H2,2H3,(H,18,20). The van der Waals surface area contributed by atoms with Gasteiger partial charge in [-0.05, 0) is 30.3 Å². The summed E-state index contributed by atoms with van der Waals surface area (Å²) in [6.45, 7) is 3.82. The maximum absolute atomic E-state index is 12.5. The molecule has 0 bridgehead atoms. The Balaban J connectivity index is 2.25. The molecular formula is C17H18N2O4S. The summed E-state index contributed by atoms with van der Waals surface area (Å²) in [6, 6.07) is 12.4. The van der Waals surface area contributed by atoms with Crippen molar-refractivity contribution in [2.75, 3.05) is 18.4 Å². The minimum atomic E-state index is -3.82. The van der Waals surface area contributed by atoms with Crippen LogP contribution in [-0.4, -0.2) is 28.0 Å². The summed E-state index contributed by atoms with van der Waals surface area (Å²) in [5.41, 5.74) is 0.626. The highest BCUT2D eigenvalue weighted by Gasteiger charge is 2.16. The molecule has 0 aliphatic heterocycles. The molecule has 0 fully saturated rings. The van der Waals surface area contributed by atoms with Crippen LogP contribution in [-0.2, 0) is 10.0 Å². The Hall–Kier alpha value is -2.80. The SMILES string of the molecule is C=CCNC(=O)c1cccc(S(=O)(=O)Nc2cccc(OC)c2)c1. The highest BCUT2D eigenvalue weighted by atomic mass is 32.2. The number of anilines is 1. The summed E-state index contributed by atoms with van der Waals surface area (Å²) in [5, 5.41) is 2.60. The van der Waals surface area contributed by atoms with Crippen LogP contribution in [0.3, 0.4) is 0 Å². The van der Waals surface area contributed by atoms with E-state index >= 15 is 0 Å². The first kappa shape index (κ1) is 17.6. The number of carbonyl (C=O) groups excluding carboxylic acids is 1. The average molecular weight is 346 g/mol. The minimum absolute atomic E-state index is 0.00317. The molecule has 2 N–H and O–H groups in total. The molecule has 2 aromatic rings. The number of nitrogens with one attached hydrogen (secondary N) is 2. The second-order valence-corrected chi connectivity index (χ2v) is 6.55. The normalized spacial score (nSPS) is 10.7. The van der Waals surface area contributed by atoms with Crippen LogP contribution < -0.4 is 14.8 Å². The predicted octanol–water partition coefficient (Wildman–Crippen LogP) is 2.41. The molecule has 0 spiro atoms. The van der Waals surface area contributed by atoms with Crippen LogP contribution in [0.15, 0.2) is 66.1 Å². The monoisotopic (exact) mass is 346 g/mol. The number of ether oxygens (including phenoxy) is 1. The van der Waals surface area contributed by atoms with Crippen LogP contribution in [0.4, 0.5) is 5.69 Å². The van der Waals surface area contributed by atoms with Gasteiger partial charge in [-0.1, -0.05) is 18.2 Å². The molecule has 1 amide bonds. The molecule has 7 heteroatoms. The van der Waals surface area contributed by atoms with Crippen LogP contribution in [0.2, 0.25) is 0 Å². The van der Waals surface area contributed by atoms with Crippen molar-refractivity contribution in [3.05, 3.63) is 66.7 Å². The number of rotatable bonds is 7. The molecule has 6 nitrogen and oxygen atoms in total. The smallest absolute Gasteiger partial charge is 0.261 e. The van der Waals surface area contributed by atoms with E-state index in [0.29, 0.717) is 18.0 Å². The molecule has 0 saturated carbocycles. The molecular weight excluding hydrogens is 328 g/mol. The van der Waals surface area contributed by atoms with E-state index in [-0.39, 0.29) is 16.4 Å². The zero-order valence-electron chi connectivity index (χ0n) is 13.2. The van der Waals surface area contributed by atoms with Crippen molar-refractivity contribution in [3.63, 3.8) is 0 Å². The average Bonchev–Trinajstić information content (AvgIpc) is 2.59. The predicted molar refractivity (Wildman–Crippen MR) is 92.8 cm³/mol. The minimum Gasteiger partial charge on any atom is -0.497 e. The van der Waals surface area contributed by atoms with Gasteiger partial charge in [0.1, 0.15) is 5.75 Å². The lowest BCUT2D eigenvalue weighted by Gasteiger charge is -2.10. The largest absolute Gasteiger partial charge is 0.497 e. The molecule has 0 aliphatic rings. The number of benzene rings is 2. The second-order valence-electron chi connectivity index (χ2n) is 4.86. The molecule has 0 aromatic heterocycles. The molecule has 0 atom stereocenters. The number of methoxy groups -OCH3 is 1. The molecule has 0 heterocycles. The van der Waals surface area contributed by atoms with Crippen molar-refractivity contribution < 1.29 is 17.9 Å². The van der Waals surface area contributed by atoms with Gasteiger partial charge >= 0.3 is 0 Å². The highest BCUT2D eigenvalue weighted by Crippen LogP contribution is 2.21. The Morgan fingerprint density at radius 1 is 1.21 bits per heavy atom. The van der Waals surface area contributed by atoms with Gasteiger partial charge in [0.25, 0.3) is 15.9 Å². The van der Waals surface area contributed by atoms with Gasteiger partial charge in [0.2, 0.25) is 0 Å². The molecule has 24 heavy (non-hydrogen) atoms. The molecule has 2 rings (SSSR count). The molecule has 0 saturated heterocycles.